The van der Waals surface area contributed by atoms with Crippen molar-refractivity contribution in [2.75, 3.05) is 18.4 Å². The predicted octanol–water partition coefficient (Wildman–Crippen LogP) is 4.39. The molecule has 1 amide bonds. The first kappa shape index (κ1) is 21.8. The monoisotopic (exact) mass is 434 g/mol. The van der Waals surface area contributed by atoms with Crippen molar-refractivity contribution in [2.45, 2.75) is 38.9 Å². The van der Waals surface area contributed by atoms with Crippen molar-refractivity contribution in [1.82, 2.24) is 4.31 Å². The van der Waals surface area contributed by atoms with Gasteiger partial charge >= 0.3 is 0 Å². The highest BCUT2D eigenvalue weighted by molar-refractivity contribution is 7.88. The van der Waals surface area contributed by atoms with Gasteiger partial charge in [-0.05, 0) is 48.9 Å². The minimum absolute atomic E-state index is 0.119. The van der Waals surface area contributed by atoms with E-state index in [1.807, 2.05) is 32.0 Å². The largest absolute Gasteiger partial charge is 0.325 e. The van der Waals surface area contributed by atoms with Crippen LogP contribution < -0.4 is 5.32 Å². The molecule has 0 bridgehead atoms. The van der Waals surface area contributed by atoms with E-state index >= 15 is 0 Å². The number of piperidine rings is 1. The molecular formula is C22H27ClN2O3S. The summed E-state index contributed by atoms with van der Waals surface area (Å²) in [6.07, 6.45) is 2.16. The molecule has 1 atom stereocenters. The zero-order valence-electron chi connectivity index (χ0n) is 16.8. The van der Waals surface area contributed by atoms with Gasteiger partial charge in [0.25, 0.3) is 0 Å². The van der Waals surface area contributed by atoms with Crippen LogP contribution in [-0.2, 0) is 27.0 Å². The molecule has 1 aliphatic heterocycles. The van der Waals surface area contributed by atoms with Crippen LogP contribution in [0.2, 0.25) is 5.02 Å². The van der Waals surface area contributed by atoms with Gasteiger partial charge in [-0.1, -0.05) is 54.9 Å². The van der Waals surface area contributed by atoms with Crippen molar-refractivity contribution in [3.63, 3.8) is 0 Å². The lowest BCUT2D eigenvalue weighted by Gasteiger charge is -2.31. The van der Waals surface area contributed by atoms with Crippen LogP contribution in [0.3, 0.4) is 0 Å². The number of rotatable bonds is 6. The van der Waals surface area contributed by atoms with Crippen molar-refractivity contribution >= 4 is 33.2 Å². The Bertz CT molecular complexity index is 991. The van der Waals surface area contributed by atoms with Crippen LogP contribution in [0.1, 0.15) is 36.5 Å². The van der Waals surface area contributed by atoms with E-state index in [-0.39, 0.29) is 24.1 Å². The Kier molecular flexibility index (Phi) is 6.98. The first-order valence-corrected chi connectivity index (χ1v) is 11.9. The maximum absolute atomic E-state index is 12.9. The minimum atomic E-state index is -3.55. The molecule has 1 aliphatic rings. The van der Waals surface area contributed by atoms with E-state index in [4.69, 9.17) is 11.6 Å². The lowest BCUT2D eigenvalue weighted by Crippen LogP contribution is -2.44. The first-order valence-electron chi connectivity index (χ1n) is 9.92. The fourth-order valence-corrected chi connectivity index (χ4v) is 5.66. The number of aryl methyl sites for hydroxylation is 2. The lowest BCUT2D eigenvalue weighted by molar-refractivity contribution is -0.120. The van der Waals surface area contributed by atoms with Gasteiger partial charge in [0.2, 0.25) is 15.9 Å². The maximum atomic E-state index is 12.9. The van der Waals surface area contributed by atoms with Gasteiger partial charge in [-0.3, -0.25) is 4.79 Å². The second-order valence-electron chi connectivity index (χ2n) is 7.50. The standard InChI is InChI=1S/C22H27ClN2O3S/c1-3-17-10-6-8-16(2)21(17)24-22(26)18-11-7-13-25(14-18)29(27,28)15-19-9-4-5-12-20(19)23/h4-6,8-10,12,18H,3,7,11,13-15H2,1-2H3,(H,24,26)/t18-/m0/s1. The molecule has 1 saturated heterocycles. The number of nitrogens with one attached hydrogen (secondary N) is 1. The van der Waals surface area contributed by atoms with E-state index in [0.29, 0.717) is 30.0 Å². The van der Waals surface area contributed by atoms with Gasteiger partial charge < -0.3 is 5.32 Å². The number of halogens is 1. The maximum Gasteiger partial charge on any atom is 0.228 e. The molecule has 1 N–H and O–H groups in total. The topological polar surface area (TPSA) is 66.5 Å². The number of anilines is 1. The zero-order valence-corrected chi connectivity index (χ0v) is 18.4. The fraction of sp³-hybridized carbons (Fsp3) is 0.409. The molecule has 2 aromatic rings. The van der Waals surface area contributed by atoms with E-state index in [9.17, 15) is 13.2 Å². The van der Waals surface area contributed by atoms with Gasteiger partial charge in [0, 0.05) is 23.8 Å². The van der Waals surface area contributed by atoms with Gasteiger partial charge in [0.05, 0.1) is 11.7 Å². The summed E-state index contributed by atoms with van der Waals surface area (Å²) in [4.78, 5) is 12.9. The quantitative estimate of drug-likeness (QED) is 0.733. The molecule has 29 heavy (non-hydrogen) atoms. The number of nitrogens with zero attached hydrogens (tertiary/aromatic N) is 1. The number of para-hydroxylation sites is 1. The van der Waals surface area contributed by atoms with E-state index < -0.39 is 10.0 Å². The van der Waals surface area contributed by atoms with Crippen molar-refractivity contribution in [2.24, 2.45) is 5.92 Å². The third-order valence-electron chi connectivity index (χ3n) is 5.43. The summed E-state index contributed by atoms with van der Waals surface area (Å²) in [5, 5.41) is 3.49. The number of benzene rings is 2. The second-order valence-corrected chi connectivity index (χ2v) is 9.87. The Morgan fingerprint density at radius 1 is 1.17 bits per heavy atom. The van der Waals surface area contributed by atoms with E-state index in [2.05, 4.69) is 5.32 Å². The van der Waals surface area contributed by atoms with E-state index in [0.717, 1.165) is 23.2 Å². The normalized spacial score (nSPS) is 17.8. The van der Waals surface area contributed by atoms with Gasteiger partial charge in [0.15, 0.2) is 0 Å². The van der Waals surface area contributed by atoms with Crippen LogP contribution >= 0.6 is 11.6 Å². The van der Waals surface area contributed by atoms with Crippen LogP contribution in [0.5, 0.6) is 0 Å². The predicted molar refractivity (Wildman–Crippen MR) is 118 cm³/mol. The van der Waals surface area contributed by atoms with E-state index in [1.165, 1.54) is 4.31 Å². The highest BCUT2D eigenvalue weighted by Crippen LogP contribution is 2.27. The molecule has 3 rings (SSSR count). The van der Waals surface area contributed by atoms with Gasteiger partial charge in [-0.25, -0.2) is 12.7 Å². The molecular weight excluding hydrogens is 408 g/mol. The van der Waals surface area contributed by atoms with Crippen LogP contribution in [0, 0.1) is 12.8 Å². The summed E-state index contributed by atoms with van der Waals surface area (Å²) in [6, 6.07) is 12.9. The number of hydrogen-bond donors (Lipinski definition) is 1. The third kappa shape index (κ3) is 5.18. The Labute approximate surface area is 178 Å². The average Bonchev–Trinajstić information content (AvgIpc) is 2.71. The Morgan fingerprint density at radius 2 is 1.90 bits per heavy atom. The molecule has 1 fully saturated rings. The summed E-state index contributed by atoms with van der Waals surface area (Å²) in [5.41, 5.74) is 3.51. The number of carbonyl (C=O) groups excluding carboxylic acids is 1. The van der Waals surface area contributed by atoms with Crippen LogP contribution in [0.15, 0.2) is 42.5 Å². The Balaban J connectivity index is 1.72. The molecule has 0 radical (unpaired) electrons. The number of sulfonamides is 1. The molecule has 2 aromatic carbocycles. The highest BCUT2D eigenvalue weighted by Gasteiger charge is 2.33. The van der Waals surface area contributed by atoms with Gasteiger partial charge in [-0.2, -0.15) is 0 Å². The van der Waals surface area contributed by atoms with Crippen molar-refractivity contribution < 1.29 is 13.2 Å². The summed E-state index contributed by atoms with van der Waals surface area (Å²) in [7, 11) is -3.55. The molecule has 156 valence electrons. The summed E-state index contributed by atoms with van der Waals surface area (Å²) >= 11 is 6.13. The van der Waals surface area contributed by atoms with Crippen molar-refractivity contribution in [1.29, 1.82) is 0 Å². The Morgan fingerprint density at radius 3 is 2.62 bits per heavy atom. The molecule has 1 heterocycles. The van der Waals surface area contributed by atoms with Crippen LogP contribution in [-0.4, -0.2) is 31.7 Å². The van der Waals surface area contributed by atoms with Gasteiger partial charge in [0.1, 0.15) is 0 Å². The minimum Gasteiger partial charge on any atom is -0.325 e. The molecule has 0 unspecified atom stereocenters. The highest BCUT2D eigenvalue weighted by atomic mass is 35.5. The lowest BCUT2D eigenvalue weighted by atomic mass is 9.98. The number of amides is 1. The summed E-state index contributed by atoms with van der Waals surface area (Å²) in [5.74, 6) is -0.639. The number of hydrogen-bond acceptors (Lipinski definition) is 3. The Hall–Kier alpha value is -1.89. The summed E-state index contributed by atoms with van der Waals surface area (Å²) < 4.78 is 27.3. The third-order valence-corrected chi connectivity index (χ3v) is 7.60. The second kappa shape index (κ2) is 9.28. The molecule has 5 nitrogen and oxygen atoms in total. The fourth-order valence-electron chi connectivity index (χ4n) is 3.74. The number of carbonyl (C=O) groups is 1. The van der Waals surface area contributed by atoms with Crippen LogP contribution in [0.25, 0.3) is 0 Å². The van der Waals surface area contributed by atoms with E-state index in [1.54, 1.807) is 24.3 Å². The van der Waals surface area contributed by atoms with Crippen molar-refractivity contribution in [3.8, 4) is 0 Å². The molecule has 7 heteroatoms. The SMILES string of the molecule is CCc1cccc(C)c1NC(=O)[C@H]1CCCN(S(=O)(=O)Cc2ccccc2Cl)C1. The zero-order chi connectivity index (χ0) is 21.0. The average molecular weight is 435 g/mol. The summed E-state index contributed by atoms with van der Waals surface area (Å²) in [6.45, 7) is 4.65. The first-order chi connectivity index (χ1) is 13.8. The molecule has 0 aromatic heterocycles. The smallest absolute Gasteiger partial charge is 0.228 e. The molecule has 0 aliphatic carbocycles. The van der Waals surface area contributed by atoms with Crippen molar-refractivity contribution in [3.05, 3.63) is 64.2 Å². The van der Waals surface area contributed by atoms with Crippen LogP contribution in [0.4, 0.5) is 5.69 Å². The van der Waals surface area contributed by atoms with Gasteiger partial charge in [-0.15, -0.1) is 0 Å². The molecule has 0 saturated carbocycles. The molecule has 0 spiro atoms.